The summed E-state index contributed by atoms with van der Waals surface area (Å²) in [7, 11) is 0. The average molecular weight is 353 g/mol. The van der Waals surface area contributed by atoms with E-state index in [0.717, 1.165) is 38.3 Å². The van der Waals surface area contributed by atoms with E-state index in [4.69, 9.17) is 21.1 Å². The zero-order chi connectivity index (χ0) is 17.1. The SMILES string of the molecule is CC(C)CN1CCN(C(=O)Cc2cc(Cl)c3c(c2)OCCO3)CC1. The number of piperazine rings is 1. The molecule has 2 heterocycles. The molecule has 24 heavy (non-hydrogen) atoms. The zero-order valence-electron chi connectivity index (χ0n) is 14.4. The van der Waals surface area contributed by atoms with Crippen LogP contribution in [-0.4, -0.2) is 61.6 Å². The number of rotatable bonds is 4. The largest absolute Gasteiger partial charge is 0.486 e. The van der Waals surface area contributed by atoms with Crippen LogP contribution >= 0.6 is 11.6 Å². The van der Waals surface area contributed by atoms with Gasteiger partial charge in [0, 0.05) is 32.7 Å². The van der Waals surface area contributed by atoms with Crippen molar-refractivity contribution in [3.63, 3.8) is 0 Å². The first-order valence-electron chi connectivity index (χ1n) is 8.61. The lowest BCUT2D eigenvalue weighted by molar-refractivity contribution is -0.132. The van der Waals surface area contributed by atoms with Gasteiger partial charge in [-0.2, -0.15) is 0 Å². The van der Waals surface area contributed by atoms with E-state index in [-0.39, 0.29) is 5.91 Å². The molecular formula is C18H25ClN2O3. The molecule has 0 bridgehead atoms. The second kappa shape index (κ2) is 7.62. The lowest BCUT2D eigenvalue weighted by Gasteiger charge is -2.35. The molecule has 2 aliphatic heterocycles. The number of halogens is 1. The summed E-state index contributed by atoms with van der Waals surface area (Å²) in [6.45, 7) is 10.1. The fraction of sp³-hybridized carbons (Fsp3) is 0.611. The summed E-state index contributed by atoms with van der Waals surface area (Å²) >= 11 is 6.25. The van der Waals surface area contributed by atoms with E-state index in [1.165, 1.54) is 0 Å². The summed E-state index contributed by atoms with van der Waals surface area (Å²) in [4.78, 5) is 16.9. The summed E-state index contributed by atoms with van der Waals surface area (Å²) in [5.41, 5.74) is 0.874. The van der Waals surface area contributed by atoms with Gasteiger partial charge in [0.1, 0.15) is 13.2 Å². The number of hydrogen-bond donors (Lipinski definition) is 0. The second-order valence-corrected chi connectivity index (χ2v) is 7.26. The molecule has 0 saturated carbocycles. The minimum absolute atomic E-state index is 0.145. The summed E-state index contributed by atoms with van der Waals surface area (Å²) < 4.78 is 11.1. The van der Waals surface area contributed by atoms with E-state index in [1.807, 2.05) is 17.0 Å². The molecule has 1 aromatic rings. The van der Waals surface area contributed by atoms with Crippen molar-refractivity contribution >= 4 is 17.5 Å². The number of benzene rings is 1. The molecule has 1 saturated heterocycles. The molecule has 0 atom stereocenters. The molecule has 1 fully saturated rings. The van der Waals surface area contributed by atoms with Gasteiger partial charge in [0.05, 0.1) is 11.4 Å². The van der Waals surface area contributed by atoms with Crippen molar-refractivity contribution in [1.29, 1.82) is 0 Å². The van der Waals surface area contributed by atoms with Crippen molar-refractivity contribution in [2.24, 2.45) is 5.92 Å². The maximum Gasteiger partial charge on any atom is 0.227 e. The van der Waals surface area contributed by atoms with Crippen LogP contribution in [0.15, 0.2) is 12.1 Å². The minimum atomic E-state index is 0.145. The Kier molecular flexibility index (Phi) is 5.51. The van der Waals surface area contributed by atoms with Gasteiger partial charge in [-0.1, -0.05) is 25.4 Å². The molecule has 132 valence electrons. The highest BCUT2D eigenvalue weighted by atomic mass is 35.5. The van der Waals surface area contributed by atoms with Gasteiger partial charge in [-0.25, -0.2) is 0 Å². The quantitative estimate of drug-likeness (QED) is 0.834. The van der Waals surface area contributed by atoms with Crippen molar-refractivity contribution in [3.05, 3.63) is 22.7 Å². The molecule has 0 N–H and O–H groups in total. The van der Waals surface area contributed by atoms with Gasteiger partial charge in [0.25, 0.3) is 0 Å². The molecule has 1 amide bonds. The van der Waals surface area contributed by atoms with Crippen LogP contribution in [0.4, 0.5) is 0 Å². The molecule has 0 unspecified atom stereocenters. The highest BCUT2D eigenvalue weighted by Crippen LogP contribution is 2.38. The maximum absolute atomic E-state index is 12.6. The van der Waals surface area contributed by atoms with Gasteiger partial charge in [0.15, 0.2) is 11.5 Å². The number of ether oxygens (including phenoxy) is 2. The Bertz CT molecular complexity index is 598. The third kappa shape index (κ3) is 4.14. The molecular weight excluding hydrogens is 328 g/mol. The van der Waals surface area contributed by atoms with Crippen LogP contribution in [0.2, 0.25) is 5.02 Å². The Labute approximate surface area is 148 Å². The first-order chi connectivity index (χ1) is 11.5. The molecule has 3 rings (SSSR count). The molecule has 0 spiro atoms. The van der Waals surface area contributed by atoms with Crippen molar-refractivity contribution in [2.75, 3.05) is 45.9 Å². The number of carbonyl (C=O) groups is 1. The van der Waals surface area contributed by atoms with Gasteiger partial charge in [-0.3, -0.25) is 9.69 Å². The van der Waals surface area contributed by atoms with E-state index in [0.29, 0.717) is 42.1 Å². The molecule has 0 aliphatic carbocycles. The minimum Gasteiger partial charge on any atom is -0.486 e. The predicted octanol–water partition coefficient (Wildman–Crippen LogP) is 2.45. The fourth-order valence-corrected chi connectivity index (χ4v) is 3.54. The summed E-state index contributed by atoms with van der Waals surface area (Å²) in [5.74, 6) is 2.03. The molecule has 5 nitrogen and oxygen atoms in total. The van der Waals surface area contributed by atoms with Crippen LogP contribution < -0.4 is 9.47 Å². The highest BCUT2D eigenvalue weighted by Gasteiger charge is 2.23. The summed E-state index contributed by atoms with van der Waals surface area (Å²) in [5, 5.41) is 0.511. The van der Waals surface area contributed by atoms with Gasteiger partial charge in [-0.05, 0) is 23.6 Å². The Morgan fingerprint density at radius 2 is 1.88 bits per heavy atom. The first-order valence-corrected chi connectivity index (χ1v) is 8.99. The smallest absolute Gasteiger partial charge is 0.227 e. The zero-order valence-corrected chi connectivity index (χ0v) is 15.1. The Morgan fingerprint density at radius 3 is 2.58 bits per heavy atom. The Balaban J connectivity index is 1.59. The van der Waals surface area contributed by atoms with Crippen molar-refractivity contribution in [1.82, 2.24) is 9.80 Å². The molecule has 0 aromatic heterocycles. The van der Waals surface area contributed by atoms with Crippen LogP contribution in [-0.2, 0) is 11.2 Å². The van der Waals surface area contributed by atoms with Crippen LogP contribution in [0.1, 0.15) is 19.4 Å². The first kappa shape index (κ1) is 17.4. The maximum atomic E-state index is 12.6. The lowest BCUT2D eigenvalue weighted by Crippen LogP contribution is -2.49. The lowest BCUT2D eigenvalue weighted by atomic mass is 10.1. The van der Waals surface area contributed by atoms with Crippen LogP contribution in [0.5, 0.6) is 11.5 Å². The fourth-order valence-electron chi connectivity index (χ4n) is 3.25. The number of fused-ring (bicyclic) bond motifs is 1. The third-order valence-corrected chi connectivity index (χ3v) is 4.64. The Hall–Kier alpha value is -1.46. The van der Waals surface area contributed by atoms with E-state index in [2.05, 4.69) is 18.7 Å². The molecule has 1 aromatic carbocycles. The topological polar surface area (TPSA) is 42.0 Å². The Morgan fingerprint density at radius 1 is 1.17 bits per heavy atom. The van der Waals surface area contributed by atoms with E-state index in [1.54, 1.807) is 0 Å². The number of amides is 1. The highest BCUT2D eigenvalue weighted by molar-refractivity contribution is 6.32. The van der Waals surface area contributed by atoms with E-state index < -0.39 is 0 Å². The summed E-state index contributed by atoms with van der Waals surface area (Å²) in [6.07, 6.45) is 0.348. The normalized spacial score (nSPS) is 18.1. The molecule has 2 aliphatic rings. The van der Waals surface area contributed by atoms with Crippen LogP contribution in [0, 0.1) is 5.92 Å². The number of hydrogen-bond acceptors (Lipinski definition) is 4. The number of carbonyl (C=O) groups excluding carboxylic acids is 1. The standard InChI is InChI=1S/C18H25ClN2O3/c1-13(2)12-20-3-5-21(6-4-20)17(22)11-14-9-15(19)18-16(10-14)23-7-8-24-18/h9-10,13H,3-8,11-12H2,1-2H3. The second-order valence-electron chi connectivity index (χ2n) is 6.85. The predicted molar refractivity (Wildman–Crippen MR) is 94.0 cm³/mol. The van der Waals surface area contributed by atoms with Gasteiger partial charge in [0.2, 0.25) is 5.91 Å². The summed E-state index contributed by atoms with van der Waals surface area (Å²) in [6, 6.07) is 3.68. The van der Waals surface area contributed by atoms with Gasteiger partial charge < -0.3 is 14.4 Å². The van der Waals surface area contributed by atoms with Crippen LogP contribution in [0.3, 0.4) is 0 Å². The van der Waals surface area contributed by atoms with E-state index in [9.17, 15) is 4.79 Å². The van der Waals surface area contributed by atoms with Gasteiger partial charge in [-0.15, -0.1) is 0 Å². The average Bonchev–Trinajstić information content (AvgIpc) is 2.55. The third-order valence-electron chi connectivity index (χ3n) is 4.36. The van der Waals surface area contributed by atoms with E-state index >= 15 is 0 Å². The number of nitrogens with zero attached hydrogens (tertiary/aromatic N) is 2. The van der Waals surface area contributed by atoms with Crippen molar-refractivity contribution in [3.8, 4) is 11.5 Å². The monoisotopic (exact) mass is 352 g/mol. The van der Waals surface area contributed by atoms with Crippen LogP contribution in [0.25, 0.3) is 0 Å². The van der Waals surface area contributed by atoms with Crippen molar-refractivity contribution in [2.45, 2.75) is 20.3 Å². The van der Waals surface area contributed by atoms with Gasteiger partial charge >= 0.3 is 0 Å². The molecule has 0 radical (unpaired) electrons. The molecule has 6 heteroatoms. The van der Waals surface area contributed by atoms with Crippen molar-refractivity contribution < 1.29 is 14.3 Å².